The summed E-state index contributed by atoms with van der Waals surface area (Å²) in [6.45, 7) is 8.46. The molecular weight excluding hydrogens is 198 g/mol. The SMILES string of the molecule is Cc1cccc(-c2nc(C(C)(C)C)co2)c1. The number of aromatic nitrogens is 1. The highest BCUT2D eigenvalue weighted by atomic mass is 16.3. The fourth-order valence-corrected chi connectivity index (χ4v) is 1.53. The zero-order valence-electron chi connectivity index (χ0n) is 10.2. The smallest absolute Gasteiger partial charge is 0.226 e. The molecule has 1 heterocycles. The van der Waals surface area contributed by atoms with Gasteiger partial charge in [0.05, 0.1) is 5.69 Å². The van der Waals surface area contributed by atoms with Crippen LogP contribution in [0.1, 0.15) is 32.0 Å². The summed E-state index contributed by atoms with van der Waals surface area (Å²) in [6.07, 6.45) is 1.75. The van der Waals surface area contributed by atoms with Crippen LogP contribution in [-0.4, -0.2) is 4.98 Å². The van der Waals surface area contributed by atoms with E-state index >= 15 is 0 Å². The van der Waals surface area contributed by atoms with Gasteiger partial charge >= 0.3 is 0 Å². The largest absolute Gasteiger partial charge is 0.444 e. The summed E-state index contributed by atoms with van der Waals surface area (Å²) in [5.74, 6) is 0.702. The monoisotopic (exact) mass is 215 g/mol. The van der Waals surface area contributed by atoms with E-state index < -0.39 is 0 Å². The van der Waals surface area contributed by atoms with Crippen LogP contribution in [0.4, 0.5) is 0 Å². The molecule has 0 N–H and O–H groups in total. The van der Waals surface area contributed by atoms with Gasteiger partial charge in [0.15, 0.2) is 0 Å². The second kappa shape index (κ2) is 3.78. The van der Waals surface area contributed by atoms with Gasteiger partial charge in [-0.1, -0.05) is 38.5 Å². The standard InChI is InChI=1S/C14H17NO/c1-10-6-5-7-11(8-10)13-15-12(9-16-13)14(2,3)4/h5-9H,1-4H3. The van der Waals surface area contributed by atoms with Crippen molar-refractivity contribution in [2.75, 3.05) is 0 Å². The molecule has 0 fully saturated rings. The average Bonchev–Trinajstić information content (AvgIpc) is 2.65. The Bertz CT molecular complexity index is 491. The number of nitrogens with zero attached hydrogens (tertiary/aromatic N) is 1. The van der Waals surface area contributed by atoms with Gasteiger partial charge in [0, 0.05) is 11.0 Å². The lowest BCUT2D eigenvalue weighted by Gasteiger charge is -2.12. The predicted molar refractivity (Wildman–Crippen MR) is 65.4 cm³/mol. The number of oxazole rings is 1. The molecule has 2 heteroatoms. The molecule has 2 aromatic rings. The first kappa shape index (κ1) is 10.9. The molecule has 0 aliphatic heterocycles. The molecule has 0 radical (unpaired) electrons. The number of hydrogen-bond donors (Lipinski definition) is 0. The predicted octanol–water partition coefficient (Wildman–Crippen LogP) is 3.95. The van der Waals surface area contributed by atoms with Crippen LogP contribution in [0.25, 0.3) is 11.5 Å². The summed E-state index contributed by atoms with van der Waals surface area (Å²) >= 11 is 0. The van der Waals surface area contributed by atoms with Crippen LogP contribution in [-0.2, 0) is 5.41 Å². The van der Waals surface area contributed by atoms with Gasteiger partial charge in [-0.15, -0.1) is 0 Å². The average molecular weight is 215 g/mol. The van der Waals surface area contributed by atoms with Crippen molar-refractivity contribution in [3.05, 3.63) is 41.8 Å². The summed E-state index contributed by atoms with van der Waals surface area (Å²) in [5.41, 5.74) is 3.28. The van der Waals surface area contributed by atoms with Crippen LogP contribution in [0.2, 0.25) is 0 Å². The number of hydrogen-bond acceptors (Lipinski definition) is 2. The lowest BCUT2D eigenvalue weighted by atomic mass is 9.93. The fraction of sp³-hybridized carbons (Fsp3) is 0.357. The van der Waals surface area contributed by atoms with Crippen molar-refractivity contribution in [3.63, 3.8) is 0 Å². The summed E-state index contributed by atoms with van der Waals surface area (Å²) in [5, 5.41) is 0. The Balaban J connectivity index is 2.39. The molecule has 2 rings (SSSR count). The maximum Gasteiger partial charge on any atom is 0.226 e. The second-order valence-corrected chi connectivity index (χ2v) is 5.16. The van der Waals surface area contributed by atoms with Crippen LogP contribution in [0.3, 0.4) is 0 Å². The van der Waals surface area contributed by atoms with Gasteiger partial charge in [0.2, 0.25) is 5.89 Å². The third-order valence-corrected chi connectivity index (χ3v) is 2.54. The maximum absolute atomic E-state index is 5.52. The van der Waals surface area contributed by atoms with Crippen molar-refractivity contribution < 1.29 is 4.42 Å². The van der Waals surface area contributed by atoms with E-state index in [1.54, 1.807) is 6.26 Å². The molecule has 1 aromatic heterocycles. The minimum atomic E-state index is 0.0333. The van der Waals surface area contributed by atoms with Gasteiger partial charge in [-0.3, -0.25) is 0 Å². The summed E-state index contributed by atoms with van der Waals surface area (Å²) in [4.78, 5) is 4.53. The molecule has 0 spiro atoms. The molecule has 1 aromatic carbocycles. The quantitative estimate of drug-likeness (QED) is 0.720. The number of aryl methyl sites for hydroxylation is 1. The Hall–Kier alpha value is -1.57. The van der Waals surface area contributed by atoms with Crippen LogP contribution < -0.4 is 0 Å². The topological polar surface area (TPSA) is 26.0 Å². The lowest BCUT2D eigenvalue weighted by Crippen LogP contribution is -2.11. The first-order valence-corrected chi connectivity index (χ1v) is 5.50. The molecule has 0 saturated carbocycles. The van der Waals surface area contributed by atoms with Crippen molar-refractivity contribution in [3.8, 4) is 11.5 Å². The number of benzene rings is 1. The van der Waals surface area contributed by atoms with E-state index in [4.69, 9.17) is 4.42 Å². The van der Waals surface area contributed by atoms with E-state index in [9.17, 15) is 0 Å². The molecule has 0 saturated heterocycles. The summed E-state index contributed by atoms with van der Waals surface area (Å²) < 4.78 is 5.52. The van der Waals surface area contributed by atoms with Gasteiger partial charge in [0.25, 0.3) is 0 Å². The Kier molecular flexibility index (Phi) is 2.58. The molecule has 0 bridgehead atoms. The van der Waals surface area contributed by atoms with E-state index in [2.05, 4.69) is 44.8 Å². The first-order valence-electron chi connectivity index (χ1n) is 5.50. The van der Waals surface area contributed by atoms with Crippen LogP contribution in [0.5, 0.6) is 0 Å². The van der Waals surface area contributed by atoms with Crippen molar-refractivity contribution in [2.45, 2.75) is 33.1 Å². The molecular formula is C14H17NO. The molecule has 84 valence electrons. The third-order valence-electron chi connectivity index (χ3n) is 2.54. The Morgan fingerprint density at radius 1 is 1.19 bits per heavy atom. The Morgan fingerprint density at radius 3 is 2.50 bits per heavy atom. The van der Waals surface area contributed by atoms with Gasteiger partial charge in [-0.2, -0.15) is 0 Å². The highest BCUT2D eigenvalue weighted by Crippen LogP contribution is 2.26. The molecule has 0 atom stereocenters. The Labute approximate surface area is 96.3 Å². The van der Waals surface area contributed by atoms with Gasteiger partial charge in [-0.05, 0) is 19.1 Å². The van der Waals surface area contributed by atoms with Crippen LogP contribution in [0, 0.1) is 6.92 Å². The molecule has 2 nitrogen and oxygen atoms in total. The van der Waals surface area contributed by atoms with E-state index in [0.717, 1.165) is 11.3 Å². The molecule has 16 heavy (non-hydrogen) atoms. The second-order valence-electron chi connectivity index (χ2n) is 5.16. The molecule has 0 aliphatic rings. The minimum absolute atomic E-state index is 0.0333. The zero-order chi connectivity index (χ0) is 11.8. The molecule has 0 amide bonds. The van der Waals surface area contributed by atoms with Crippen molar-refractivity contribution >= 4 is 0 Å². The Morgan fingerprint density at radius 2 is 1.94 bits per heavy atom. The highest BCUT2D eigenvalue weighted by Gasteiger charge is 2.19. The van der Waals surface area contributed by atoms with Crippen LogP contribution in [0.15, 0.2) is 34.9 Å². The van der Waals surface area contributed by atoms with Gasteiger partial charge in [-0.25, -0.2) is 4.98 Å². The van der Waals surface area contributed by atoms with Gasteiger partial charge < -0.3 is 4.42 Å². The van der Waals surface area contributed by atoms with Crippen LogP contribution >= 0.6 is 0 Å². The normalized spacial score (nSPS) is 11.8. The number of rotatable bonds is 1. The van der Waals surface area contributed by atoms with Crippen molar-refractivity contribution in [1.82, 2.24) is 4.98 Å². The van der Waals surface area contributed by atoms with E-state index in [1.807, 2.05) is 12.1 Å². The molecule has 0 aliphatic carbocycles. The lowest BCUT2D eigenvalue weighted by molar-refractivity contribution is 0.543. The van der Waals surface area contributed by atoms with Crippen molar-refractivity contribution in [1.29, 1.82) is 0 Å². The van der Waals surface area contributed by atoms with Gasteiger partial charge in [0.1, 0.15) is 6.26 Å². The summed E-state index contributed by atoms with van der Waals surface area (Å²) in [7, 11) is 0. The van der Waals surface area contributed by atoms with E-state index in [0.29, 0.717) is 5.89 Å². The fourth-order valence-electron chi connectivity index (χ4n) is 1.53. The van der Waals surface area contributed by atoms with Crippen molar-refractivity contribution in [2.24, 2.45) is 0 Å². The highest BCUT2D eigenvalue weighted by molar-refractivity contribution is 5.54. The zero-order valence-corrected chi connectivity index (χ0v) is 10.2. The molecule has 0 unspecified atom stereocenters. The first-order chi connectivity index (χ1) is 7.47. The minimum Gasteiger partial charge on any atom is -0.444 e. The maximum atomic E-state index is 5.52. The summed E-state index contributed by atoms with van der Waals surface area (Å²) in [6, 6.07) is 8.19. The van der Waals surface area contributed by atoms with E-state index in [1.165, 1.54) is 5.56 Å². The third kappa shape index (κ3) is 2.16. The van der Waals surface area contributed by atoms with E-state index in [-0.39, 0.29) is 5.41 Å².